The van der Waals surface area contributed by atoms with E-state index in [1.807, 2.05) is 18.2 Å². The van der Waals surface area contributed by atoms with Gasteiger partial charge in [-0.05, 0) is 67.3 Å². The average Bonchev–Trinajstić information content (AvgIpc) is 3.34. The number of nitrogens with zero attached hydrogens (tertiary/aromatic N) is 3. The largest absolute Gasteiger partial charge is 0.505 e. The first-order valence-corrected chi connectivity index (χ1v) is 9.93. The first-order chi connectivity index (χ1) is 15.4. The summed E-state index contributed by atoms with van der Waals surface area (Å²) in [6.45, 7) is 1.69. The molecule has 1 amide bonds. The predicted octanol–water partition coefficient (Wildman–Crippen LogP) is 3.64. The highest BCUT2D eigenvalue weighted by Crippen LogP contribution is 2.36. The van der Waals surface area contributed by atoms with Crippen molar-refractivity contribution in [1.29, 1.82) is 0 Å². The minimum Gasteiger partial charge on any atom is -0.505 e. The summed E-state index contributed by atoms with van der Waals surface area (Å²) in [5, 5.41) is 29.5. The van der Waals surface area contributed by atoms with Crippen molar-refractivity contribution >= 4 is 34.7 Å². The van der Waals surface area contributed by atoms with Gasteiger partial charge >= 0.3 is 11.9 Å². The van der Waals surface area contributed by atoms with Gasteiger partial charge in [0.25, 0.3) is 0 Å². The number of aryl methyl sites for hydroxylation is 2. The van der Waals surface area contributed by atoms with Crippen molar-refractivity contribution in [3.8, 4) is 17.1 Å². The van der Waals surface area contributed by atoms with Gasteiger partial charge in [-0.3, -0.25) is 10.2 Å². The highest BCUT2D eigenvalue weighted by atomic mass is 16.4. The molecule has 0 radical (unpaired) electrons. The number of aromatic hydroxyl groups is 1. The van der Waals surface area contributed by atoms with Gasteiger partial charge in [0, 0.05) is 0 Å². The van der Waals surface area contributed by atoms with E-state index in [9.17, 15) is 14.7 Å². The van der Waals surface area contributed by atoms with Crippen LogP contribution in [-0.4, -0.2) is 33.5 Å². The van der Waals surface area contributed by atoms with Crippen molar-refractivity contribution in [1.82, 2.24) is 0 Å². The molecule has 9 nitrogen and oxygen atoms in total. The van der Waals surface area contributed by atoms with Crippen LogP contribution in [0.2, 0.25) is 0 Å². The van der Waals surface area contributed by atoms with Crippen LogP contribution in [0, 0.1) is 0 Å². The number of amides is 1. The molecule has 32 heavy (non-hydrogen) atoms. The lowest BCUT2D eigenvalue weighted by Crippen LogP contribution is -2.28. The molecular formula is C23H18N4O5. The lowest BCUT2D eigenvalue weighted by atomic mass is 9.88. The van der Waals surface area contributed by atoms with Crippen molar-refractivity contribution in [2.45, 2.75) is 19.8 Å². The third-order valence-electron chi connectivity index (χ3n) is 5.49. The Morgan fingerprint density at radius 2 is 1.97 bits per heavy atom. The number of anilines is 2. The van der Waals surface area contributed by atoms with Gasteiger partial charge in [-0.15, -0.1) is 0 Å². The lowest BCUT2D eigenvalue weighted by molar-refractivity contribution is -0.112. The van der Waals surface area contributed by atoms with Crippen LogP contribution < -0.4 is 10.4 Å². The molecular weight excluding hydrogens is 412 g/mol. The molecule has 160 valence electrons. The van der Waals surface area contributed by atoms with Gasteiger partial charge < -0.3 is 14.6 Å². The first-order valence-electron chi connectivity index (χ1n) is 9.93. The molecule has 2 heterocycles. The van der Waals surface area contributed by atoms with E-state index in [0.717, 1.165) is 12.8 Å². The topological polar surface area (TPSA) is 128 Å². The number of rotatable bonds is 5. The van der Waals surface area contributed by atoms with Crippen LogP contribution >= 0.6 is 0 Å². The number of hydrogen-bond donors (Lipinski definition) is 3. The minimum atomic E-state index is -1.21. The van der Waals surface area contributed by atoms with Gasteiger partial charge in [0.15, 0.2) is 11.5 Å². The lowest BCUT2D eigenvalue weighted by Gasteiger charge is -2.21. The fourth-order valence-corrected chi connectivity index (χ4v) is 3.66. The van der Waals surface area contributed by atoms with Crippen LogP contribution in [0.3, 0.4) is 0 Å². The normalized spacial score (nSPS) is 16.0. The molecule has 5 rings (SSSR count). The average molecular weight is 430 g/mol. The standard InChI is InChI=1S/C23H18N4O5/c1-12-20(22(29)27(26-12)15-8-7-13-5-6-14(13)11-15)25-24-17-4-2-3-16(21(17)28)18-9-10-19(32-18)23(30)31/h2-4,7-11,24,28H,5-6H2,1H3,(H,30,31)/b25-20-. The van der Waals surface area contributed by atoms with Crippen LogP contribution in [0.25, 0.3) is 11.3 Å². The SMILES string of the molecule is CC1=NN(c2ccc3c(c2)CC3)C(=O)/C1=N\Nc1cccc(-c2ccc(C(=O)O)o2)c1O. The van der Waals surface area contributed by atoms with Crippen LogP contribution in [0.4, 0.5) is 11.4 Å². The number of carboxylic acids is 1. The number of carbonyl (C=O) groups is 2. The fraction of sp³-hybridized carbons (Fsp3) is 0.130. The number of para-hydroxylation sites is 1. The maximum Gasteiger partial charge on any atom is 0.371 e. The number of benzene rings is 2. The van der Waals surface area contributed by atoms with Gasteiger partial charge in [-0.1, -0.05) is 12.1 Å². The van der Waals surface area contributed by atoms with Gasteiger partial charge in [0.1, 0.15) is 5.76 Å². The number of hydrogen-bond acceptors (Lipinski definition) is 7. The van der Waals surface area contributed by atoms with E-state index < -0.39 is 5.97 Å². The van der Waals surface area contributed by atoms with E-state index in [2.05, 4.69) is 15.6 Å². The summed E-state index contributed by atoms with van der Waals surface area (Å²) < 4.78 is 5.26. The molecule has 1 aliphatic carbocycles. The molecule has 0 spiro atoms. The van der Waals surface area contributed by atoms with Crippen molar-refractivity contribution in [3.63, 3.8) is 0 Å². The molecule has 0 saturated heterocycles. The van der Waals surface area contributed by atoms with Crippen molar-refractivity contribution in [3.05, 3.63) is 65.4 Å². The number of fused-ring (bicyclic) bond motifs is 1. The number of phenolic OH excluding ortho intramolecular Hbond substituents is 1. The van der Waals surface area contributed by atoms with Crippen LogP contribution in [-0.2, 0) is 17.6 Å². The van der Waals surface area contributed by atoms with Crippen LogP contribution in [0.15, 0.2) is 63.2 Å². The Morgan fingerprint density at radius 1 is 1.16 bits per heavy atom. The first kappa shape index (κ1) is 19.6. The second-order valence-electron chi connectivity index (χ2n) is 7.50. The van der Waals surface area contributed by atoms with E-state index in [1.165, 1.54) is 28.3 Å². The molecule has 2 aliphatic rings. The molecule has 3 N–H and O–H groups in total. The number of aromatic carboxylic acids is 1. The Balaban J connectivity index is 1.39. The molecule has 1 aromatic heterocycles. The Kier molecular flexibility index (Phi) is 4.51. The van der Waals surface area contributed by atoms with Gasteiger partial charge in [-0.25, -0.2) is 4.79 Å². The number of hydrazone groups is 2. The Hall–Kier alpha value is -4.40. The maximum atomic E-state index is 12.9. The summed E-state index contributed by atoms with van der Waals surface area (Å²) in [7, 11) is 0. The number of phenols is 1. The number of furan rings is 1. The zero-order valence-corrected chi connectivity index (χ0v) is 17.0. The smallest absolute Gasteiger partial charge is 0.371 e. The van der Waals surface area contributed by atoms with E-state index in [4.69, 9.17) is 9.52 Å². The zero-order chi connectivity index (χ0) is 22.4. The molecule has 0 unspecified atom stereocenters. The van der Waals surface area contributed by atoms with Crippen molar-refractivity contribution in [2.75, 3.05) is 10.4 Å². The zero-order valence-electron chi connectivity index (χ0n) is 17.0. The molecule has 0 saturated carbocycles. The monoisotopic (exact) mass is 430 g/mol. The number of carboxylic acid groups (broad SMARTS) is 1. The molecule has 0 atom stereocenters. The predicted molar refractivity (Wildman–Crippen MR) is 118 cm³/mol. The van der Waals surface area contributed by atoms with Crippen LogP contribution in [0.1, 0.15) is 28.6 Å². The molecule has 1 aliphatic heterocycles. The summed E-state index contributed by atoms with van der Waals surface area (Å²) in [6, 6.07) is 13.4. The molecule has 0 fully saturated rings. The molecule has 2 aromatic carbocycles. The molecule has 0 bridgehead atoms. The Morgan fingerprint density at radius 3 is 2.66 bits per heavy atom. The summed E-state index contributed by atoms with van der Waals surface area (Å²) in [5.74, 6) is -1.82. The summed E-state index contributed by atoms with van der Waals surface area (Å²) in [5.41, 5.74) is 6.99. The Bertz CT molecular complexity index is 1340. The minimum absolute atomic E-state index is 0.128. The third kappa shape index (κ3) is 3.20. The summed E-state index contributed by atoms with van der Waals surface area (Å²) >= 11 is 0. The quantitative estimate of drug-likeness (QED) is 0.419. The third-order valence-corrected chi connectivity index (χ3v) is 5.49. The second kappa shape index (κ2) is 7.38. The van der Waals surface area contributed by atoms with Gasteiger partial charge in [0.2, 0.25) is 5.76 Å². The Labute approximate surface area is 182 Å². The maximum absolute atomic E-state index is 12.9. The second-order valence-corrected chi connectivity index (χ2v) is 7.50. The molecule has 3 aromatic rings. The highest BCUT2D eigenvalue weighted by molar-refractivity contribution is 6.71. The van der Waals surface area contributed by atoms with Gasteiger partial charge in [0.05, 0.1) is 22.6 Å². The van der Waals surface area contributed by atoms with Gasteiger partial charge in [-0.2, -0.15) is 15.2 Å². The number of carbonyl (C=O) groups excluding carboxylic acids is 1. The van der Waals surface area contributed by atoms with E-state index >= 15 is 0 Å². The van der Waals surface area contributed by atoms with Crippen molar-refractivity contribution in [2.24, 2.45) is 10.2 Å². The fourth-order valence-electron chi connectivity index (χ4n) is 3.66. The van der Waals surface area contributed by atoms with Crippen LogP contribution in [0.5, 0.6) is 5.75 Å². The highest BCUT2D eigenvalue weighted by Gasteiger charge is 2.31. The van der Waals surface area contributed by atoms with E-state index in [1.54, 1.807) is 25.1 Å². The summed E-state index contributed by atoms with van der Waals surface area (Å²) in [6.07, 6.45) is 2.05. The van der Waals surface area contributed by atoms with Crippen molar-refractivity contribution < 1.29 is 24.2 Å². The molecule has 9 heteroatoms. The van der Waals surface area contributed by atoms with E-state index in [-0.39, 0.29) is 40.1 Å². The van der Waals surface area contributed by atoms with E-state index in [0.29, 0.717) is 11.4 Å². The summed E-state index contributed by atoms with van der Waals surface area (Å²) in [4.78, 5) is 23.9. The number of nitrogens with one attached hydrogen (secondary N) is 1.